The van der Waals surface area contributed by atoms with Gasteiger partial charge in [0.1, 0.15) is 0 Å². The van der Waals surface area contributed by atoms with E-state index in [2.05, 4.69) is 40.5 Å². The summed E-state index contributed by atoms with van der Waals surface area (Å²) in [5.74, 6) is 0. The quantitative estimate of drug-likeness (QED) is 0.767. The van der Waals surface area contributed by atoms with E-state index < -0.39 is 0 Å². The van der Waals surface area contributed by atoms with Crippen molar-refractivity contribution in [3.63, 3.8) is 0 Å². The Morgan fingerprint density at radius 2 is 1.75 bits per heavy atom. The zero-order chi connectivity index (χ0) is 13.7. The minimum Gasteiger partial charge on any atom is -0.316 e. The number of piperidine rings is 1. The highest BCUT2D eigenvalue weighted by molar-refractivity contribution is 5.31. The van der Waals surface area contributed by atoms with E-state index in [1.165, 1.54) is 70.3 Å². The third kappa shape index (κ3) is 3.62. The second-order valence-electron chi connectivity index (χ2n) is 6.58. The Bertz CT molecular complexity index is 391. The summed E-state index contributed by atoms with van der Waals surface area (Å²) in [7, 11) is 0. The van der Waals surface area contributed by atoms with Crippen LogP contribution in [-0.2, 0) is 5.41 Å². The lowest BCUT2D eigenvalue weighted by Crippen LogP contribution is -2.33. The highest BCUT2D eigenvalue weighted by Crippen LogP contribution is 2.47. The number of hydrogen-bond donors (Lipinski definition) is 1. The second kappa shape index (κ2) is 6.73. The molecular weight excluding hydrogens is 244 g/mol. The Balaban J connectivity index is 1.34. The first-order valence-corrected chi connectivity index (χ1v) is 8.38. The molecule has 2 fully saturated rings. The second-order valence-corrected chi connectivity index (χ2v) is 6.58. The first-order chi connectivity index (χ1) is 9.89. The van der Waals surface area contributed by atoms with Crippen LogP contribution in [0.2, 0.25) is 0 Å². The molecule has 1 aromatic carbocycles. The summed E-state index contributed by atoms with van der Waals surface area (Å²) in [6.45, 7) is 6.27. The van der Waals surface area contributed by atoms with Crippen LogP contribution in [0.3, 0.4) is 0 Å². The maximum absolute atomic E-state index is 3.70. The molecule has 0 bridgehead atoms. The maximum Gasteiger partial charge on any atom is 0.00784 e. The van der Waals surface area contributed by atoms with Crippen LogP contribution in [0.4, 0.5) is 0 Å². The third-order valence-electron chi connectivity index (χ3n) is 4.98. The summed E-state index contributed by atoms with van der Waals surface area (Å²) >= 11 is 0. The van der Waals surface area contributed by atoms with Crippen molar-refractivity contribution in [1.29, 1.82) is 0 Å². The summed E-state index contributed by atoms with van der Waals surface area (Å²) in [6, 6.07) is 11.0. The average Bonchev–Trinajstić information content (AvgIpc) is 3.30. The smallest absolute Gasteiger partial charge is 0.00784 e. The van der Waals surface area contributed by atoms with Gasteiger partial charge >= 0.3 is 0 Å². The van der Waals surface area contributed by atoms with Crippen molar-refractivity contribution in [3.05, 3.63) is 35.9 Å². The van der Waals surface area contributed by atoms with Gasteiger partial charge in [-0.1, -0.05) is 36.8 Å². The van der Waals surface area contributed by atoms with Gasteiger partial charge in [-0.15, -0.1) is 0 Å². The van der Waals surface area contributed by atoms with Gasteiger partial charge < -0.3 is 10.2 Å². The van der Waals surface area contributed by atoms with E-state index in [1.807, 2.05) is 0 Å². The Kier molecular flexibility index (Phi) is 4.74. The van der Waals surface area contributed by atoms with Crippen molar-refractivity contribution in [2.45, 2.75) is 43.9 Å². The molecule has 2 heteroatoms. The lowest BCUT2D eigenvalue weighted by atomic mass is 9.96. The van der Waals surface area contributed by atoms with Crippen LogP contribution < -0.4 is 5.32 Å². The summed E-state index contributed by atoms with van der Waals surface area (Å²) in [5, 5.41) is 3.70. The molecule has 0 radical (unpaired) electrons. The lowest BCUT2D eigenvalue weighted by Gasteiger charge is -2.26. The minimum absolute atomic E-state index is 0.465. The molecule has 1 aromatic rings. The fourth-order valence-corrected chi connectivity index (χ4v) is 3.45. The lowest BCUT2D eigenvalue weighted by molar-refractivity contribution is 0.225. The number of benzene rings is 1. The van der Waals surface area contributed by atoms with E-state index in [0.717, 1.165) is 6.54 Å². The Labute approximate surface area is 123 Å². The number of nitrogens with zero attached hydrogens (tertiary/aromatic N) is 1. The molecule has 1 N–H and O–H groups in total. The Morgan fingerprint density at radius 1 is 1.00 bits per heavy atom. The monoisotopic (exact) mass is 272 g/mol. The first kappa shape index (κ1) is 14.1. The van der Waals surface area contributed by atoms with Crippen LogP contribution in [-0.4, -0.2) is 37.6 Å². The van der Waals surface area contributed by atoms with Crippen LogP contribution in [0.15, 0.2) is 30.3 Å². The molecule has 110 valence electrons. The van der Waals surface area contributed by atoms with Gasteiger partial charge in [0.2, 0.25) is 0 Å². The maximum atomic E-state index is 3.70. The molecule has 20 heavy (non-hydrogen) atoms. The zero-order valence-corrected chi connectivity index (χ0v) is 12.6. The molecule has 3 rings (SSSR count). The summed E-state index contributed by atoms with van der Waals surface area (Å²) < 4.78 is 0. The Hall–Kier alpha value is -0.860. The van der Waals surface area contributed by atoms with Gasteiger partial charge in [0, 0.05) is 12.0 Å². The molecule has 1 saturated carbocycles. The van der Waals surface area contributed by atoms with Crippen molar-refractivity contribution in [2.75, 3.05) is 32.7 Å². The number of rotatable bonds is 7. The predicted molar refractivity (Wildman–Crippen MR) is 85.1 cm³/mol. The van der Waals surface area contributed by atoms with Crippen LogP contribution in [0.5, 0.6) is 0 Å². The van der Waals surface area contributed by atoms with Crippen molar-refractivity contribution < 1.29 is 0 Å². The average molecular weight is 272 g/mol. The molecule has 0 unspecified atom stereocenters. The molecule has 1 heterocycles. The highest BCUT2D eigenvalue weighted by Gasteiger charge is 2.43. The van der Waals surface area contributed by atoms with Gasteiger partial charge in [0.25, 0.3) is 0 Å². The fraction of sp³-hybridized carbons (Fsp3) is 0.667. The number of likely N-dealkylation sites (tertiary alicyclic amines) is 1. The Morgan fingerprint density at radius 3 is 2.45 bits per heavy atom. The van der Waals surface area contributed by atoms with Crippen molar-refractivity contribution in [2.24, 2.45) is 0 Å². The number of nitrogens with one attached hydrogen (secondary N) is 1. The van der Waals surface area contributed by atoms with Crippen LogP contribution >= 0.6 is 0 Å². The first-order valence-electron chi connectivity index (χ1n) is 8.38. The van der Waals surface area contributed by atoms with Gasteiger partial charge in [-0.3, -0.25) is 0 Å². The third-order valence-corrected chi connectivity index (χ3v) is 4.98. The molecule has 1 aliphatic heterocycles. The SMILES string of the molecule is c1ccc(C2(CNCCCN3CCCCC3)CC2)cc1. The molecule has 0 spiro atoms. The summed E-state index contributed by atoms with van der Waals surface area (Å²) in [6.07, 6.45) is 8.26. The number of hydrogen-bond acceptors (Lipinski definition) is 2. The van der Waals surface area contributed by atoms with E-state index >= 15 is 0 Å². The molecule has 1 saturated heterocycles. The van der Waals surface area contributed by atoms with E-state index in [1.54, 1.807) is 0 Å². The summed E-state index contributed by atoms with van der Waals surface area (Å²) in [5.41, 5.74) is 2.00. The van der Waals surface area contributed by atoms with E-state index in [0.29, 0.717) is 5.41 Å². The van der Waals surface area contributed by atoms with Gasteiger partial charge in [-0.25, -0.2) is 0 Å². The summed E-state index contributed by atoms with van der Waals surface area (Å²) in [4.78, 5) is 2.63. The molecule has 1 aliphatic carbocycles. The van der Waals surface area contributed by atoms with Crippen molar-refractivity contribution in [1.82, 2.24) is 10.2 Å². The highest BCUT2D eigenvalue weighted by atomic mass is 15.1. The molecule has 0 amide bonds. The fourth-order valence-electron chi connectivity index (χ4n) is 3.45. The molecular formula is C18H28N2. The van der Waals surface area contributed by atoms with E-state index in [4.69, 9.17) is 0 Å². The van der Waals surface area contributed by atoms with Crippen LogP contribution in [0.25, 0.3) is 0 Å². The minimum atomic E-state index is 0.465. The standard InChI is InChI=1S/C18H28N2/c1-3-8-17(9-4-1)18(10-11-18)16-19-12-7-15-20-13-5-2-6-14-20/h1,3-4,8-9,19H,2,5-7,10-16H2. The molecule has 2 nitrogen and oxygen atoms in total. The van der Waals surface area contributed by atoms with Crippen LogP contribution in [0, 0.1) is 0 Å². The van der Waals surface area contributed by atoms with Gasteiger partial charge in [0.05, 0.1) is 0 Å². The van der Waals surface area contributed by atoms with Crippen molar-refractivity contribution in [3.8, 4) is 0 Å². The van der Waals surface area contributed by atoms with Gasteiger partial charge in [-0.05, 0) is 63.8 Å². The van der Waals surface area contributed by atoms with Crippen LogP contribution in [0.1, 0.15) is 44.1 Å². The zero-order valence-electron chi connectivity index (χ0n) is 12.6. The molecule has 0 atom stereocenters. The largest absolute Gasteiger partial charge is 0.316 e. The van der Waals surface area contributed by atoms with E-state index in [9.17, 15) is 0 Å². The molecule has 0 aromatic heterocycles. The van der Waals surface area contributed by atoms with Crippen molar-refractivity contribution >= 4 is 0 Å². The topological polar surface area (TPSA) is 15.3 Å². The predicted octanol–water partition coefficient (Wildman–Crippen LogP) is 3.18. The molecule has 2 aliphatic rings. The normalized spacial score (nSPS) is 21.8. The van der Waals surface area contributed by atoms with Gasteiger partial charge in [0.15, 0.2) is 0 Å². The van der Waals surface area contributed by atoms with E-state index in [-0.39, 0.29) is 0 Å². The van der Waals surface area contributed by atoms with Gasteiger partial charge in [-0.2, -0.15) is 0 Å².